The van der Waals surface area contributed by atoms with E-state index in [1.807, 2.05) is 60.7 Å². The van der Waals surface area contributed by atoms with Crippen LogP contribution in [0.4, 0.5) is 0 Å². The van der Waals surface area contributed by atoms with Gasteiger partial charge in [0.15, 0.2) is 34.9 Å². The van der Waals surface area contributed by atoms with Crippen LogP contribution in [0.5, 0.6) is 0 Å². The number of hydrogen-bond acceptors (Lipinski definition) is 6. The predicted molar refractivity (Wildman–Crippen MR) is 239 cm³/mol. The molecule has 10 rings (SSSR count). The molecule has 0 radical (unpaired) electrons. The van der Waals surface area contributed by atoms with Crippen molar-refractivity contribution in [3.8, 4) is 68.3 Å². The zero-order chi connectivity index (χ0) is 39.8. The first kappa shape index (κ1) is 35.7. The minimum atomic E-state index is -0.299. The number of fused-ring (bicyclic) bond motifs is 2. The van der Waals surface area contributed by atoms with Gasteiger partial charge in [0.05, 0.1) is 0 Å². The molecule has 2 aromatic heterocycles. The molecule has 0 saturated carbocycles. The van der Waals surface area contributed by atoms with Crippen LogP contribution in [0.2, 0.25) is 0 Å². The zero-order valence-corrected chi connectivity index (χ0v) is 32.7. The molecule has 10 aromatic rings. The highest BCUT2D eigenvalue weighted by Gasteiger charge is 2.24. The molecule has 0 N–H and O–H groups in total. The Bertz CT molecular complexity index is 2900. The second-order valence-electron chi connectivity index (χ2n) is 15.2. The Balaban J connectivity index is 0.969. The summed E-state index contributed by atoms with van der Waals surface area (Å²) in [6.07, 6.45) is 0. The highest BCUT2D eigenvalue weighted by Crippen LogP contribution is 2.35. The molecule has 8 aromatic carbocycles. The molecular weight excluding hydrogens is 721 g/mol. The number of nitrogens with zero attached hydrogens (tertiary/aromatic N) is 6. The predicted octanol–water partition coefficient (Wildman–Crippen LogP) is 12.7. The summed E-state index contributed by atoms with van der Waals surface area (Å²) in [5, 5.41) is 4.64. The topological polar surface area (TPSA) is 77.3 Å². The zero-order valence-electron chi connectivity index (χ0n) is 32.7. The van der Waals surface area contributed by atoms with Crippen molar-refractivity contribution < 1.29 is 0 Å². The van der Waals surface area contributed by atoms with Gasteiger partial charge in [-0.25, -0.2) is 29.9 Å². The highest BCUT2D eigenvalue weighted by atomic mass is 15.0. The van der Waals surface area contributed by atoms with E-state index >= 15 is 0 Å². The maximum absolute atomic E-state index is 5.02. The van der Waals surface area contributed by atoms with E-state index in [1.54, 1.807) is 0 Å². The molecule has 2 heterocycles. The molecule has 0 unspecified atom stereocenters. The van der Waals surface area contributed by atoms with Crippen LogP contribution in [0.1, 0.15) is 25.0 Å². The van der Waals surface area contributed by atoms with Crippen LogP contribution in [0.25, 0.3) is 89.9 Å². The Morgan fingerprint density at radius 1 is 0.254 bits per heavy atom. The third-order valence-corrected chi connectivity index (χ3v) is 11.1. The fourth-order valence-electron chi connectivity index (χ4n) is 7.60. The summed E-state index contributed by atoms with van der Waals surface area (Å²) in [5.41, 5.74) is 7.67. The Labute approximate surface area is 343 Å². The lowest BCUT2D eigenvalue weighted by molar-refractivity contribution is 0.641. The van der Waals surface area contributed by atoms with E-state index < -0.39 is 0 Å². The van der Waals surface area contributed by atoms with Crippen molar-refractivity contribution in [2.45, 2.75) is 19.3 Å². The quantitative estimate of drug-likeness (QED) is 0.154. The molecule has 59 heavy (non-hydrogen) atoms. The van der Waals surface area contributed by atoms with Gasteiger partial charge >= 0.3 is 0 Å². The molecule has 0 aliphatic carbocycles. The van der Waals surface area contributed by atoms with E-state index in [2.05, 4.69) is 147 Å². The Kier molecular flexibility index (Phi) is 9.07. The third kappa shape index (κ3) is 7.13. The molecule has 0 spiro atoms. The van der Waals surface area contributed by atoms with Gasteiger partial charge in [-0.2, -0.15) is 0 Å². The second-order valence-corrected chi connectivity index (χ2v) is 15.2. The first-order valence-electron chi connectivity index (χ1n) is 19.8. The van der Waals surface area contributed by atoms with Crippen molar-refractivity contribution in [2.75, 3.05) is 0 Å². The van der Waals surface area contributed by atoms with E-state index in [9.17, 15) is 0 Å². The molecular formula is C53H38N6. The Hall–Kier alpha value is -7.70. The highest BCUT2D eigenvalue weighted by molar-refractivity contribution is 5.87. The fraction of sp³-hybridized carbons (Fsp3) is 0.0566. The minimum Gasteiger partial charge on any atom is -0.208 e. The smallest absolute Gasteiger partial charge is 0.164 e. The number of rotatable bonds is 8. The normalized spacial score (nSPS) is 11.6. The van der Waals surface area contributed by atoms with Crippen LogP contribution >= 0.6 is 0 Å². The van der Waals surface area contributed by atoms with Gasteiger partial charge in [0, 0.05) is 38.8 Å². The fourth-order valence-corrected chi connectivity index (χ4v) is 7.60. The van der Waals surface area contributed by atoms with Gasteiger partial charge in [-0.05, 0) is 44.8 Å². The van der Waals surface area contributed by atoms with Crippen LogP contribution in [-0.2, 0) is 5.41 Å². The van der Waals surface area contributed by atoms with Gasteiger partial charge in [0.1, 0.15) is 0 Å². The molecule has 0 aliphatic heterocycles. The van der Waals surface area contributed by atoms with Crippen molar-refractivity contribution in [1.82, 2.24) is 29.9 Å². The van der Waals surface area contributed by atoms with E-state index in [0.717, 1.165) is 44.2 Å². The van der Waals surface area contributed by atoms with E-state index in [4.69, 9.17) is 29.9 Å². The molecule has 0 amide bonds. The Morgan fingerprint density at radius 2 is 0.525 bits per heavy atom. The summed E-state index contributed by atoms with van der Waals surface area (Å²) >= 11 is 0. The van der Waals surface area contributed by atoms with Crippen LogP contribution < -0.4 is 0 Å². The van der Waals surface area contributed by atoms with Gasteiger partial charge in [-0.1, -0.05) is 196 Å². The van der Waals surface area contributed by atoms with Crippen molar-refractivity contribution in [2.24, 2.45) is 0 Å². The SMILES string of the molecule is CC(C)(c1ccc(-c2nc(-c3ccccc3)nc(-c3ccc4ccccc4c3)n2)cc1)c1ccc(-c2nc(-c3ccccc3)nc(-c3ccc4ccccc4c3)n2)cc1. The van der Waals surface area contributed by atoms with Gasteiger partial charge in [0.25, 0.3) is 0 Å². The Morgan fingerprint density at radius 3 is 0.881 bits per heavy atom. The van der Waals surface area contributed by atoms with Crippen LogP contribution in [0.3, 0.4) is 0 Å². The van der Waals surface area contributed by atoms with Gasteiger partial charge in [0.2, 0.25) is 0 Å². The molecule has 0 saturated heterocycles. The van der Waals surface area contributed by atoms with Crippen molar-refractivity contribution >= 4 is 21.5 Å². The standard InChI is InChI=1S/C53H38N6/c1-53(2,45-29-25-39(26-30-45)49-54-47(37-15-5-3-6-16-37)56-51(58-49)43-23-21-35-13-9-11-19-41(35)33-43)46-31-27-40(28-32-46)50-55-48(38-17-7-4-8-18-38)57-52(59-50)44-24-22-36-14-10-12-20-42(36)34-44/h3-34H,1-2H3. The molecule has 0 atom stereocenters. The van der Waals surface area contributed by atoms with E-state index in [1.165, 1.54) is 21.9 Å². The average Bonchev–Trinajstić information content (AvgIpc) is 3.31. The molecule has 280 valence electrons. The van der Waals surface area contributed by atoms with E-state index in [0.29, 0.717) is 34.9 Å². The molecule has 6 heteroatoms. The summed E-state index contributed by atoms with van der Waals surface area (Å²) in [6.45, 7) is 4.50. The lowest BCUT2D eigenvalue weighted by atomic mass is 9.77. The van der Waals surface area contributed by atoms with Gasteiger partial charge < -0.3 is 0 Å². The summed E-state index contributed by atoms with van der Waals surface area (Å²) in [7, 11) is 0. The van der Waals surface area contributed by atoms with E-state index in [-0.39, 0.29) is 5.41 Å². The van der Waals surface area contributed by atoms with Gasteiger partial charge in [-0.3, -0.25) is 0 Å². The van der Waals surface area contributed by atoms with Crippen molar-refractivity contribution in [1.29, 1.82) is 0 Å². The molecule has 0 fully saturated rings. The van der Waals surface area contributed by atoms with Crippen LogP contribution in [-0.4, -0.2) is 29.9 Å². The van der Waals surface area contributed by atoms with Gasteiger partial charge in [-0.15, -0.1) is 0 Å². The van der Waals surface area contributed by atoms with Crippen molar-refractivity contribution in [3.05, 3.63) is 205 Å². The summed E-state index contributed by atoms with van der Waals surface area (Å²) in [4.78, 5) is 29.9. The summed E-state index contributed by atoms with van der Waals surface area (Å²) in [6, 6.07) is 66.7. The second kappa shape index (κ2) is 15.0. The number of benzene rings is 8. The average molecular weight is 759 g/mol. The summed E-state index contributed by atoms with van der Waals surface area (Å²) in [5.74, 6) is 3.82. The van der Waals surface area contributed by atoms with Crippen molar-refractivity contribution in [3.63, 3.8) is 0 Å². The molecule has 0 aliphatic rings. The summed E-state index contributed by atoms with van der Waals surface area (Å²) < 4.78 is 0. The number of hydrogen-bond donors (Lipinski definition) is 0. The first-order valence-corrected chi connectivity index (χ1v) is 19.8. The maximum atomic E-state index is 5.02. The van der Waals surface area contributed by atoms with Crippen LogP contribution in [0, 0.1) is 0 Å². The van der Waals surface area contributed by atoms with Crippen LogP contribution in [0.15, 0.2) is 194 Å². The first-order chi connectivity index (χ1) is 28.9. The maximum Gasteiger partial charge on any atom is 0.164 e. The molecule has 0 bridgehead atoms. The lowest BCUT2D eigenvalue weighted by Gasteiger charge is -2.26. The molecule has 6 nitrogen and oxygen atoms in total. The minimum absolute atomic E-state index is 0.299. The third-order valence-electron chi connectivity index (χ3n) is 11.1. The lowest BCUT2D eigenvalue weighted by Crippen LogP contribution is -2.18. The monoisotopic (exact) mass is 758 g/mol. The largest absolute Gasteiger partial charge is 0.208 e. The number of aromatic nitrogens is 6.